The molecule has 0 spiro atoms. The van der Waals surface area contributed by atoms with Crippen molar-refractivity contribution in [3.8, 4) is 11.5 Å². The number of benzene rings is 2. The van der Waals surface area contributed by atoms with E-state index < -0.39 is 6.10 Å². The molecule has 1 aliphatic heterocycles. The second kappa shape index (κ2) is 6.19. The van der Waals surface area contributed by atoms with Gasteiger partial charge in [-0.3, -0.25) is 0 Å². The Morgan fingerprint density at radius 3 is 2.95 bits per heavy atom. The smallest absolute Gasteiger partial charge is 0.122 e. The maximum absolute atomic E-state index is 9.62. The lowest BCUT2D eigenvalue weighted by atomic mass is 9.94. The van der Waals surface area contributed by atoms with Crippen LogP contribution in [-0.4, -0.2) is 18.3 Å². The fraction of sp³-hybridized carbons (Fsp3) is 0.333. The molecule has 0 fully saturated rings. The summed E-state index contributed by atoms with van der Waals surface area (Å²) in [5.74, 6) is 2.12. The van der Waals surface area contributed by atoms with Gasteiger partial charge in [0.1, 0.15) is 11.5 Å². The van der Waals surface area contributed by atoms with Gasteiger partial charge in [0, 0.05) is 11.5 Å². The Bertz CT molecular complexity index is 607. The Morgan fingerprint density at radius 2 is 2.10 bits per heavy atom. The van der Waals surface area contributed by atoms with Crippen molar-refractivity contribution in [3.63, 3.8) is 0 Å². The van der Waals surface area contributed by atoms with Crippen LogP contribution >= 0.6 is 0 Å². The van der Waals surface area contributed by atoms with Crippen LogP contribution in [-0.2, 0) is 0 Å². The molecule has 3 heteroatoms. The van der Waals surface area contributed by atoms with Crippen LogP contribution in [0.5, 0.6) is 11.5 Å². The van der Waals surface area contributed by atoms with Gasteiger partial charge in [0.15, 0.2) is 0 Å². The van der Waals surface area contributed by atoms with Gasteiger partial charge in [0.2, 0.25) is 0 Å². The minimum absolute atomic E-state index is 0.352. The highest BCUT2D eigenvalue weighted by Gasteiger charge is 2.21. The molecule has 2 aromatic carbocycles. The highest BCUT2D eigenvalue weighted by Crippen LogP contribution is 2.33. The van der Waals surface area contributed by atoms with E-state index in [0.29, 0.717) is 12.5 Å². The molecule has 110 valence electrons. The number of hydrogen-bond acceptors (Lipinski definition) is 3. The zero-order valence-electron chi connectivity index (χ0n) is 12.2. The fourth-order valence-electron chi connectivity index (χ4n) is 2.65. The Balaban J connectivity index is 1.70. The summed E-state index contributed by atoms with van der Waals surface area (Å²) < 4.78 is 11.6. The zero-order valence-corrected chi connectivity index (χ0v) is 12.2. The largest absolute Gasteiger partial charge is 0.493 e. The summed E-state index contributed by atoms with van der Waals surface area (Å²) in [6.45, 7) is 3.12. The average molecular weight is 284 g/mol. The van der Waals surface area contributed by atoms with Crippen molar-refractivity contribution < 1.29 is 14.6 Å². The second-order valence-electron chi connectivity index (χ2n) is 5.43. The summed E-state index contributed by atoms with van der Waals surface area (Å²) in [6.07, 6.45) is 0.491. The first-order valence-electron chi connectivity index (χ1n) is 7.36. The topological polar surface area (TPSA) is 38.7 Å². The first-order valence-corrected chi connectivity index (χ1v) is 7.36. The van der Waals surface area contributed by atoms with Gasteiger partial charge in [0.05, 0.1) is 19.3 Å². The average Bonchev–Trinajstić information content (AvgIpc) is 2.53. The Kier molecular flexibility index (Phi) is 4.11. The number of rotatable bonds is 4. The van der Waals surface area contributed by atoms with Crippen molar-refractivity contribution in [1.29, 1.82) is 0 Å². The van der Waals surface area contributed by atoms with Gasteiger partial charge < -0.3 is 14.6 Å². The SMILES string of the molecule is C[C@H](O)c1cccc(OCC2CCOc3ccccc32)c1. The van der Waals surface area contributed by atoms with Crippen LogP contribution in [0.15, 0.2) is 48.5 Å². The molecule has 1 N–H and O–H groups in total. The van der Waals surface area contributed by atoms with E-state index >= 15 is 0 Å². The summed E-state index contributed by atoms with van der Waals surface area (Å²) >= 11 is 0. The van der Waals surface area contributed by atoms with Gasteiger partial charge in [0.25, 0.3) is 0 Å². The fourth-order valence-corrected chi connectivity index (χ4v) is 2.65. The van der Waals surface area contributed by atoms with E-state index in [1.807, 2.05) is 42.5 Å². The molecule has 0 aliphatic carbocycles. The molecule has 0 aromatic heterocycles. The quantitative estimate of drug-likeness (QED) is 0.930. The van der Waals surface area contributed by atoms with Crippen LogP contribution in [0, 0.1) is 0 Å². The van der Waals surface area contributed by atoms with Crippen LogP contribution in [0.2, 0.25) is 0 Å². The molecule has 2 atom stereocenters. The first-order chi connectivity index (χ1) is 10.2. The molecule has 0 saturated heterocycles. The van der Waals surface area contributed by atoms with E-state index in [-0.39, 0.29) is 0 Å². The standard InChI is InChI=1S/C18H20O3/c1-13(19)14-5-4-6-16(11-14)21-12-15-9-10-20-18-8-3-2-7-17(15)18/h2-8,11,13,15,19H,9-10,12H2,1H3/t13-,15?/m0/s1. The summed E-state index contributed by atoms with van der Waals surface area (Å²) in [7, 11) is 0. The highest BCUT2D eigenvalue weighted by molar-refractivity contribution is 5.38. The van der Waals surface area contributed by atoms with Crippen molar-refractivity contribution in [2.45, 2.75) is 25.4 Å². The minimum Gasteiger partial charge on any atom is -0.493 e. The van der Waals surface area contributed by atoms with Crippen LogP contribution in [0.4, 0.5) is 0 Å². The van der Waals surface area contributed by atoms with Crippen molar-refractivity contribution in [1.82, 2.24) is 0 Å². The van der Waals surface area contributed by atoms with Gasteiger partial charge >= 0.3 is 0 Å². The number of fused-ring (bicyclic) bond motifs is 1. The number of aliphatic hydroxyl groups excluding tert-OH is 1. The molecule has 1 aliphatic rings. The van der Waals surface area contributed by atoms with Crippen molar-refractivity contribution >= 4 is 0 Å². The van der Waals surface area contributed by atoms with Crippen molar-refractivity contribution in [2.75, 3.05) is 13.2 Å². The molecule has 1 unspecified atom stereocenters. The Hall–Kier alpha value is -2.00. The normalized spacial score (nSPS) is 18.5. The molecule has 1 heterocycles. The second-order valence-corrected chi connectivity index (χ2v) is 5.43. The van der Waals surface area contributed by atoms with Gasteiger partial charge in [-0.25, -0.2) is 0 Å². The number of para-hydroxylation sites is 1. The molecule has 21 heavy (non-hydrogen) atoms. The molecular formula is C18H20O3. The third-order valence-electron chi connectivity index (χ3n) is 3.87. The van der Waals surface area contributed by atoms with E-state index in [9.17, 15) is 5.11 Å². The molecule has 0 radical (unpaired) electrons. The molecule has 0 saturated carbocycles. The van der Waals surface area contributed by atoms with E-state index in [2.05, 4.69) is 6.07 Å². The number of aliphatic hydroxyl groups is 1. The van der Waals surface area contributed by atoms with Gasteiger partial charge in [-0.2, -0.15) is 0 Å². The van der Waals surface area contributed by atoms with Gasteiger partial charge in [-0.05, 0) is 37.1 Å². The third-order valence-corrected chi connectivity index (χ3v) is 3.87. The van der Waals surface area contributed by atoms with E-state index in [4.69, 9.17) is 9.47 Å². The van der Waals surface area contributed by atoms with Crippen LogP contribution < -0.4 is 9.47 Å². The predicted molar refractivity (Wildman–Crippen MR) is 81.9 cm³/mol. The lowest BCUT2D eigenvalue weighted by Crippen LogP contribution is -2.19. The number of ether oxygens (including phenoxy) is 2. The zero-order chi connectivity index (χ0) is 14.7. The molecule has 3 rings (SSSR count). The van der Waals surface area contributed by atoms with Crippen LogP contribution in [0.1, 0.15) is 36.5 Å². The van der Waals surface area contributed by atoms with Gasteiger partial charge in [-0.15, -0.1) is 0 Å². The highest BCUT2D eigenvalue weighted by atomic mass is 16.5. The lowest BCUT2D eigenvalue weighted by molar-refractivity contribution is 0.197. The summed E-state index contributed by atoms with van der Waals surface area (Å²) in [5, 5.41) is 9.62. The van der Waals surface area contributed by atoms with E-state index in [1.54, 1.807) is 6.92 Å². The molecule has 0 bridgehead atoms. The molecule has 3 nitrogen and oxygen atoms in total. The molecule has 2 aromatic rings. The van der Waals surface area contributed by atoms with Crippen LogP contribution in [0.25, 0.3) is 0 Å². The molecular weight excluding hydrogens is 264 g/mol. The van der Waals surface area contributed by atoms with Crippen molar-refractivity contribution in [3.05, 3.63) is 59.7 Å². The van der Waals surface area contributed by atoms with E-state index in [0.717, 1.165) is 30.1 Å². The predicted octanol–water partition coefficient (Wildman–Crippen LogP) is 3.69. The van der Waals surface area contributed by atoms with Crippen LogP contribution in [0.3, 0.4) is 0 Å². The third kappa shape index (κ3) is 3.19. The summed E-state index contributed by atoms with van der Waals surface area (Å²) in [6, 6.07) is 15.8. The first kappa shape index (κ1) is 14.0. The van der Waals surface area contributed by atoms with Gasteiger partial charge in [-0.1, -0.05) is 30.3 Å². The maximum atomic E-state index is 9.62. The lowest BCUT2D eigenvalue weighted by Gasteiger charge is -2.25. The van der Waals surface area contributed by atoms with Crippen molar-refractivity contribution in [2.24, 2.45) is 0 Å². The van der Waals surface area contributed by atoms with E-state index in [1.165, 1.54) is 5.56 Å². The number of hydrogen-bond donors (Lipinski definition) is 1. The molecule has 0 amide bonds. The summed E-state index contributed by atoms with van der Waals surface area (Å²) in [4.78, 5) is 0. The monoisotopic (exact) mass is 284 g/mol. The minimum atomic E-state index is -0.475. The Morgan fingerprint density at radius 1 is 1.24 bits per heavy atom. The maximum Gasteiger partial charge on any atom is 0.122 e. The Labute approximate surface area is 125 Å². The summed E-state index contributed by atoms with van der Waals surface area (Å²) in [5.41, 5.74) is 2.09.